The maximum absolute atomic E-state index is 11.6. The highest BCUT2D eigenvalue weighted by Gasteiger charge is 2.15. The summed E-state index contributed by atoms with van der Waals surface area (Å²) < 4.78 is 10.00. The van der Waals surface area contributed by atoms with Crippen molar-refractivity contribution in [2.24, 2.45) is 0 Å². The third-order valence-corrected chi connectivity index (χ3v) is 3.90. The molecule has 2 aromatic heterocycles. The van der Waals surface area contributed by atoms with Crippen LogP contribution in [0.1, 0.15) is 17.4 Å². The molecule has 8 heteroatoms. The fourth-order valence-corrected chi connectivity index (χ4v) is 2.70. The summed E-state index contributed by atoms with van der Waals surface area (Å²) in [6.07, 6.45) is 0.595. The third kappa shape index (κ3) is 3.46. The number of nitrogens with zero attached hydrogens (tertiary/aromatic N) is 2. The van der Waals surface area contributed by atoms with Crippen LogP contribution in [0.5, 0.6) is 5.88 Å². The molecule has 0 aromatic carbocycles. The van der Waals surface area contributed by atoms with Gasteiger partial charge in [0.25, 0.3) is 5.91 Å². The molecule has 2 aromatic rings. The first-order chi connectivity index (χ1) is 10.0. The summed E-state index contributed by atoms with van der Waals surface area (Å²) in [5.41, 5.74) is 1.02. The van der Waals surface area contributed by atoms with E-state index in [9.17, 15) is 9.59 Å². The van der Waals surface area contributed by atoms with Crippen LogP contribution >= 0.6 is 11.3 Å². The highest BCUT2D eigenvalue weighted by atomic mass is 32.1. The summed E-state index contributed by atoms with van der Waals surface area (Å²) in [4.78, 5) is 32.8. The molecule has 0 atom stereocenters. The lowest BCUT2D eigenvalue weighted by molar-refractivity contribution is -0.122. The van der Waals surface area contributed by atoms with Crippen LogP contribution in [0.2, 0.25) is 0 Å². The number of fused-ring (bicyclic) bond motifs is 1. The van der Waals surface area contributed by atoms with Gasteiger partial charge in [-0.05, 0) is 26.3 Å². The predicted molar refractivity (Wildman–Crippen MR) is 77.5 cm³/mol. The number of aromatic nitrogens is 2. The Kier molecular flexibility index (Phi) is 4.69. The molecule has 2 rings (SSSR count). The first-order valence-electron chi connectivity index (χ1n) is 6.33. The van der Waals surface area contributed by atoms with E-state index in [1.807, 2.05) is 13.8 Å². The fraction of sp³-hybridized carbons (Fsp3) is 0.385. The maximum atomic E-state index is 11.6. The van der Waals surface area contributed by atoms with Gasteiger partial charge in [0.1, 0.15) is 11.2 Å². The second-order valence-corrected chi connectivity index (χ2v) is 5.40. The van der Waals surface area contributed by atoms with Crippen molar-refractivity contribution in [1.29, 1.82) is 0 Å². The summed E-state index contributed by atoms with van der Waals surface area (Å²) in [7, 11) is 0. The zero-order valence-corrected chi connectivity index (χ0v) is 12.7. The number of imide groups is 1. The largest absolute Gasteiger partial charge is 0.467 e. The van der Waals surface area contributed by atoms with E-state index in [2.05, 4.69) is 20.0 Å². The van der Waals surface area contributed by atoms with Gasteiger partial charge >= 0.3 is 6.09 Å². The van der Waals surface area contributed by atoms with Crippen molar-refractivity contribution in [2.75, 3.05) is 13.2 Å². The topological polar surface area (TPSA) is 90.4 Å². The number of alkyl carbamates (subject to hydrolysis) is 1. The molecular weight excluding hydrogens is 294 g/mol. The van der Waals surface area contributed by atoms with E-state index in [-0.39, 0.29) is 13.2 Å². The Morgan fingerprint density at radius 1 is 1.33 bits per heavy atom. The molecule has 7 nitrogen and oxygen atoms in total. The average molecular weight is 309 g/mol. The molecule has 0 saturated carbocycles. The Morgan fingerprint density at radius 3 is 2.81 bits per heavy atom. The first kappa shape index (κ1) is 15.2. The van der Waals surface area contributed by atoms with Crippen molar-refractivity contribution in [1.82, 2.24) is 15.3 Å². The Balaban J connectivity index is 2.07. The second-order valence-electron chi connectivity index (χ2n) is 4.20. The van der Waals surface area contributed by atoms with Crippen LogP contribution in [0.15, 0.2) is 6.33 Å². The lowest BCUT2D eigenvalue weighted by Crippen LogP contribution is -2.34. The number of nitrogens with one attached hydrogen (secondary N) is 1. The normalized spacial score (nSPS) is 10.4. The Labute approximate surface area is 125 Å². The van der Waals surface area contributed by atoms with Gasteiger partial charge in [-0.1, -0.05) is 0 Å². The Morgan fingerprint density at radius 2 is 2.10 bits per heavy atom. The summed E-state index contributed by atoms with van der Waals surface area (Å²) in [5.74, 6) is -0.259. The van der Waals surface area contributed by atoms with Crippen LogP contribution in [0.25, 0.3) is 10.2 Å². The molecule has 112 valence electrons. The van der Waals surface area contributed by atoms with E-state index in [0.29, 0.717) is 5.88 Å². The number of carbonyl (C=O) groups is 2. The molecule has 1 N–H and O–H groups in total. The van der Waals surface area contributed by atoms with Gasteiger partial charge in [-0.2, -0.15) is 0 Å². The monoisotopic (exact) mass is 309 g/mol. The van der Waals surface area contributed by atoms with Crippen LogP contribution in [0.3, 0.4) is 0 Å². The first-order valence-corrected chi connectivity index (χ1v) is 7.14. The molecule has 0 aliphatic carbocycles. The molecule has 21 heavy (non-hydrogen) atoms. The average Bonchev–Trinajstić information content (AvgIpc) is 2.73. The number of ether oxygens (including phenoxy) is 2. The lowest BCUT2D eigenvalue weighted by Gasteiger charge is -2.07. The van der Waals surface area contributed by atoms with E-state index in [1.165, 1.54) is 17.7 Å². The highest BCUT2D eigenvalue weighted by Crippen LogP contribution is 2.33. The van der Waals surface area contributed by atoms with Crippen molar-refractivity contribution in [3.63, 3.8) is 0 Å². The molecular formula is C13H15N3O4S. The van der Waals surface area contributed by atoms with Crippen LogP contribution < -0.4 is 10.1 Å². The maximum Gasteiger partial charge on any atom is 0.413 e. The number of thiophene rings is 1. The molecule has 0 saturated heterocycles. The fourth-order valence-electron chi connectivity index (χ4n) is 1.71. The van der Waals surface area contributed by atoms with Gasteiger partial charge in [0.15, 0.2) is 6.61 Å². The molecule has 0 aliphatic heterocycles. The third-order valence-electron chi connectivity index (χ3n) is 2.79. The second kappa shape index (κ2) is 6.49. The van der Waals surface area contributed by atoms with Gasteiger partial charge < -0.3 is 9.47 Å². The van der Waals surface area contributed by atoms with E-state index in [0.717, 1.165) is 20.7 Å². The number of hydrogen-bond acceptors (Lipinski definition) is 7. The molecule has 0 radical (unpaired) electrons. The van der Waals surface area contributed by atoms with Gasteiger partial charge in [0, 0.05) is 4.88 Å². The smallest absolute Gasteiger partial charge is 0.413 e. The van der Waals surface area contributed by atoms with Gasteiger partial charge in [-0.15, -0.1) is 11.3 Å². The van der Waals surface area contributed by atoms with Crippen LogP contribution in [0.4, 0.5) is 4.79 Å². The van der Waals surface area contributed by atoms with E-state index < -0.39 is 12.0 Å². The van der Waals surface area contributed by atoms with E-state index in [1.54, 1.807) is 6.92 Å². The van der Waals surface area contributed by atoms with Gasteiger partial charge in [0.2, 0.25) is 5.88 Å². The minimum atomic E-state index is -0.790. The highest BCUT2D eigenvalue weighted by molar-refractivity contribution is 7.18. The molecule has 2 amide bonds. The van der Waals surface area contributed by atoms with Crippen molar-refractivity contribution >= 4 is 33.6 Å². The number of hydrogen-bond donors (Lipinski definition) is 1. The van der Waals surface area contributed by atoms with Crippen molar-refractivity contribution in [3.8, 4) is 5.88 Å². The zero-order valence-electron chi connectivity index (χ0n) is 11.9. The van der Waals surface area contributed by atoms with E-state index >= 15 is 0 Å². The number of carbonyl (C=O) groups excluding carboxylic acids is 2. The van der Waals surface area contributed by atoms with Crippen molar-refractivity contribution < 1.29 is 19.1 Å². The van der Waals surface area contributed by atoms with Crippen molar-refractivity contribution in [3.05, 3.63) is 16.8 Å². The Hall–Kier alpha value is -2.22. The van der Waals surface area contributed by atoms with Gasteiger partial charge in [-0.25, -0.2) is 14.8 Å². The summed E-state index contributed by atoms with van der Waals surface area (Å²) in [6, 6.07) is 0. The molecule has 0 unspecified atom stereocenters. The standard InChI is InChI=1S/C13H15N3O4S/c1-4-19-13(18)16-9(17)5-20-11-10-7(2)8(3)21-12(10)15-6-14-11/h6H,4-5H2,1-3H3,(H,16,17,18). The number of amides is 2. The zero-order chi connectivity index (χ0) is 15.4. The van der Waals surface area contributed by atoms with Crippen molar-refractivity contribution in [2.45, 2.75) is 20.8 Å². The SMILES string of the molecule is CCOC(=O)NC(=O)COc1ncnc2sc(C)c(C)c12. The number of rotatable bonds is 4. The molecule has 0 spiro atoms. The number of aryl methyl sites for hydroxylation is 2. The quantitative estimate of drug-likeness (QED) is 0.928. The molecule has 2 heterocycles. The summed E-state index contributed by atoms with van der Waals surface area (Å²) >= 11 is 1.54. The van der Waals surface area contributed by atoms with Gasteiger partial charge in [-0.3, -0.25) is 10.1 Å². The van der Waals surface area contributed by atoms with Crippen LogP contribution in [-0.4, -0.2) is 35.2 Å². The lowest BCUT2D eigenvalue weighted by atomic mass is 10.2. The van der Waals surface area contributed by atoms with Crippen LogP contribution in [0, 0.1) is 13.8 Å². The molecule has 0 fully saturated rings. The summed E-state index contributed by atoms with van der Waals surface area (Å²) in [5, 5.41) is 2.85. The predicted octanol–water partition coefficient (Wildman–Crippen LogP) is 1.96. The summed E-state index contributed by atoms with van der Waals surface area (Å²) in [6.45, 7) is 5.46. The van der Waals surface area contributed by atoms with E-state index in [4.69, 9.17) is 4.74 Å². The molecule has 0 bridgehead atoms. The Bertz CT molecular complexity index is 683. The van der Waals surface area contributed by atoms with Gasteiger partial charge in [0.05, 0.1) is 12.0 Å². The minimum Gasteiger partial charge on any atom is -0.467 e. The minimum absolute atomic E-state index is 0.194. The molecule has 0 aliphatic rings. The van der Waals surface area contributed by atoms with Crippen LogP contribution in [-0.2, 0) is 9.53 Å².